The lowest BCUT2D eigenvalue weighted by Gasteiger charge is -2.01. The molecule has 0 unspecified atom stereocenters. The second kappa shape index (κ2) is 6.55. The van der Waals surface area contributed by atoms with E-state index < -0.39 is 0 Å². The summed E-state index contributed by atoms with van der Waals surface area (Å²) in [5.74, 6) is 2.16. The average Bonchev–Trinajstić information content (AvgIpc) is 2.37. The van der Waals surface area contributed by atoms with Crippen LogP contribution in [0.15, 0.2) is 58.8 Å². The zero-order chi connectivity index (χ0) is 11.1. The number of hydrogen-bond donors (Lipinski definition) is 0. The first-order chi connectivity index (χ1) is 7.95. The third kappa shape index (κ3) is 3.87. The van der Waals surface area contributed by atoms with Gasteiger partial charge in [-0.1, -0.05) is 18.2 Å². The van der Waals surface area contributed by atoms with Gasteiger partial charge in [-0.2, -0.15) is 0 Å². The Hall–Kier alpha value is -1.00. The van der Waals surface area contributed by atoms with Gasteiger partial charge in [0.1, 0.15) is 6.33 Å². The molecule has 0 aliphatic rings. The van der Waals surface area contributed by atoms with E-state index in [0.717, 1.165) is 16.5 Å². The molecule has 0 radical (unpaired) electrons. The summed E-state index contributed by atoms with van der Waals surface area (Å²) in [5, 5.41) is 1.05. The van der Waals surface area contributed by atoms with E-state index in [9.17, 15) is 0 Å². The normalized spacial score (nSPS) is 10.2. The number of benzene rings is 1. The number of hydrogen-bond acceptors (Lipinski definition) is 4. The van der Waals surface area contributed by atoms with Gasteiger partial charge in [0, 0.05) is 22.6 Å². The number of rotatable bonds is 5. The standard InChI is InChI=1S/C12H12N2S2/c1-2-4-11(5-3-1)15-8-9-16-12-6-7-13-10-14-12/h1-7,10H,8-9H2. The minimum atomic E-state index is 1.05. The van der Waals surface area contributed by atoms with Crippen LogP contribution in [0, 0.1) is 0 Å². The summed E-state index contributed by atoms with van der Waals surface area (Å²) in [4.78, 5) is 9.38. The fourth-order valence-corrected chi connectivity index (χ4v) is 2.93. The van der Waals surface area contributed by atoms with Crippen molar-refractivity contribution in [2.45, 2.75) is 9.92 Å². The van der Waals surface area contributed by atoms with Gasteiger partial charge >= 0.3 is 0 Å². The van der Waals surface area contributed by atoms with Crippen LogP contribution in [-0.2, 0) is 0 Å². The van der Waals surface area contributed by atoms with Gasteiger partial charge in [0.15, 0.2) is 0 Å². The Morgan fingerprint density at radius 1 is 0.938 bits per heavy atom. The molecule has 1 heterocycles. The van der Waals surface area contributed by atoms with E-state index in [1.807, 2.05) is 23.9 Å². The van der Waals surface area contributed by atoms with E-state index in [-0.39, 0.29) is 0 Å². The molecule has 0 atom stereocenters. The van der Waals surface area contributed by atoms with Gasteiger partial charge < -0.3 is 0 Å². The quantitative estimate of drug-likeness (QED) is 0.460. The summed E-state index contributed by atoms with van der Waals surface area (Å²) in [6.07, 6.45) is 3.37. The summed E-state index contributed by atoms with van der Waals surface area (Å²) >= 11 is 3.64. The van der Waals surface area contributed by atoms with Crippen LogP contribution in [0.5, 0.6) is 0 Å². The first-order valence-corrected chi connectivity index (χ1v) is 6.99. The zero-order valence-corrected chi connectivity index (χ0v) is 10.4. The molecule has 0 N–H and O–H groups in total. The molecule has 0 spiro atoms. The lowest BCUT2D eigenvalue weighted by Crippen LogP contribution is -1.86. The molecule has 2 rings (SSSR count). The molecule has 0 bridgehead atoms. The SMILES string of the molecule is c1ccc(SCCSc2ccncn2)cc1. The molecule has 0 amide bonds. The van der Waals surface area contributed by atoms with E-state index in [1.54, 1.807) is 24.3 Å². The maximum absolute atomic E-state index is 4.17. The molecule has 1 aromatic carbocycles. The van der Waals surface area contributed by atoms with Gasteiger partial charge in [-0.25, -0.2) is 9.97 Å². The highest BCUT2D eigenvalue weighted by Gasteiger charge is 1.95. The Bertz CT molecular complexity index is 364. The van der Waals surface area contributed by atoms with Crippen LogP contribution in [-0.4, -0.2) is 21.5 Å². The van der Waals surface area contributed by atoms with Crippen molar-refractivity contribution in [1.82, 2.24) is 9.97 Å². The van der Waals surface area contributed by atoms with Crippen molar-refractivity contribution >= 4 is 23.5 Å². The first-order valence-electron chi connectivity index (χ1n) is 5.02. The molecule has 82 valence electrons. The highest BCUT2D eigenvalue weighted by molar-refractivity contribution is 8.02. The van der Waals surface area contributed by atoms with Crippen molar-refractivity contribution in [3.05, 3.63) is 48.9 Å². The van der Waals surface area contributed by atoms with E-state index >= 15 is 0 Å². The molecule has 0 fully saturated rings. The van der Waals surface area contributed by atoms with Gasteiger partial charge in [-0.3, -0.25) is 0 Å². The highest BCUT2D eigenvalue weighted by Crippen LogP contribution is 2.20. The van der Waals surface area contributed by atoms with Gasteiger partial charge in [-0.05, 0) is 18.2 Å². The largest absolute Gasteiger partial charge is 0.245 e. The lowest BCUT2D eigenvalue weighted by molar-refractivity contribution is 1.05. The fourth-order valence-electron chi connectivity index (χ4n) is 1.19. The molecule has 0 saturated heterocycles. The van der Waals surface area contributed by atoms with Crippen LogP contribution in [0.1, 0.15) is 0 Å². The second-order valence-corrected chi connectivity index (χ2v) is 5.34. The molecule has 16 heavy (non-hydrogen) atoms. The topological polar surface area (TPSA) is 25.8 Å². The van der Waals surface area contributed by atoms with Crippen LogP contribution in [0.4, 0.5) is 0 Å². The molecular formula is C12H12N2S2. The summed E-state index contributed by atoms with van der Waals surface area (Å²) in [6, 6.07) is 12.4. The third-order valence-electron chi connectivity index (χ3n) is 1.90. The van der Waals surface area contributed by atoms with Gasteiger partial charge in [0.25, 0.3) is 0 Å². The van der Waals surface area contributed by atoms with Gasteiger partial charge in [0.2, 0.25) is 0 Å². The molecule has 0 aliphatic carbocycles. The van der Waals surface area contributed by atoms with E-state index in [0.29, 0.717) is 0 Å². The molecule has 4 heteroatoms. The van der Waals surface area contributed by atoms with E-state index in [2.05, 4.69) is 34.2 Å². The molecule has 0 saturated carbocycles. The first kappa shape index (κ1) is 11.5. The van der Waals surface area contributed by atoms with Crippen molar-refractivity contribution in [3.8, 4) is 0 Å². The average molecular weight is 248 g/mol. The Labute approximate surface area is 104 Å². The maximum Gasteiger partial charge on any atom is 0.116 e. The monoisotopic (exact) mass is 248 g/mol. The van der Waals surface area contributed by atoms with Crippen LogP contribution in [0.2, 0.25) is 0 Å². The summed E-state index contributed by atoms with van der Waals surface area (Å²) in [7, 11) is 0. The van der Waals surface area contributed by atoms with Crippen LogP contribution in [0.3, 0.4) is 0 Å². The lowest BCUT2D eigenvalue weighted by atomic mass is 10.4. The van der Waals surface area contributed by atoms with Crippen molar-refractivity contribution in [3.63, 3.8) is 0 Å². The van der Waals surface area contributed by atoms with Crippen molar-refractivity contribution < 1.29 is 0 Å². The summed E-state index contributed by atoms with van der Waals surface area (Å²) in [5.41, 5.74) is 0. The Morgan fingerprint density at radius 2 is 1.75 bits per heavy atom. The van der Waals surface area contributed by atoms with Crippen LogP contribution in [0.25, 0.3) is 0 Å². The predicted molar refractivity (Wildman–Crippen MR) is 69.9 cm³/mol. The molecule has 2 aromatic rings. The molecular weight excluding hydrogens is 236 g/mol. The zero-order valence-electron chi connectivity index (χ0n) is 8.74. The minimum absolute atomic E-state index is 1.05. The predicted octanol–water partition coefficient (Wildman–Crippen LogP) is 3.36. The molecule has 2 nitrogen and oxygen atoms in total. The summed E-state index contributed by atoms with van der Waals surface area (Å²) in [6.45, 7) is 0. The third-order valence-corrected chi connectivity index (χ3v) is 4.12. The van der Waals surface area contributed by atoms with E-state index in [4.69, 9.17) is 0 Å². The smallest absolute Gasteiger partial charge is 0.116 e. The van der Waals surface area contributed by atoms with Crippen LogP contribution < -0.4 is 0 Å². The van der Waals surface area contributed by atoms with Crippen molar-refractivity contribution in [2.75, 3.05) is 11.5 Å². The summed E-state index contributed by atoms with van der Waals surface area (Å²) < 4.78 is 0. The van der Waals surface area contributed by atoms with E-state index in [1.165, 1.54) is 4.90 Å². The number of aromatic nitrogens is 2. The van der Waals surface area contributed by atoms with Crippen molar-refractivity contribution in [1.29, 1.82) is 0 Å². The molecule has 1 aromatic heterocycles. The fraction of sp³-hybridized carbons (Fsp3) is 0.167. The minimum Gasteiger partial charge on any atom is -0.245 e. The Balaban J connectivity index is 1.70. The Morgan fingerprint density at radius 3 is 2.50 bits per heavy atom. The second-order valence-electron chi connectivity index (χ2n) is 3.06. The maximum atomic E-state index is 4.17. The van der Waals surface area contributed by atoms with Crippen molar-refractivity contribution in [2.24, 2.45) is 0 Å². The Kier molecular flexibility index (Phi) is 4.70. The van der Waals surface area contributed by atoms with Crippen LogP contribution >= 0.6 is 23.5 Å². The number of nitrogens with zero attached hydrogens (tertiary/aromatic N) is 2. The molecule has 0 aliphatic heterocycles. The number of thioether (sulfide) groups is 2. The van der Waals surface area contributed by atoms with Gasteiger partial charge in [-0.15, -0.1) is 23.5 Å². The van der Waals surface area contributed by atoms with Gasteiger partial charge in [0.05, 0.1) is 5.03 Å². The highest BCUT2D eigenvalue weighted by atomic mass is 32.2.